The molecule has 0 bridgehead atoms. The molecule has 0 aliphatic rings. The summed E-state index contributed by atoms with van der Waals surface area (Å²) in [6.45, 7) is 1.89. The van der Waals surface area contributed by atoms with Crippen LogP contribution in [-0.4, -0.2) is 21.5 Å². The number of aromatic nitrogens is 3. The van der Waals surface area contributed by atoms with Crippen molar-refractivity contribution < 1.29 is 17.9 Å². The Kier molecular flexibility index (Phi) is 4.07. The summed E-state index contributed by atoms with van der Waals surface area (Å²) in [6, 6.07) is 5.67. The number of thioether (sulfide) groups is 1. The normalized spacial score (nSPS) is 13.2. The number of hydrogen-bond donors (Lipinski definition) is 2. The number of H-pyrrole nitrogens is 1. The number of aromatic amines is 1. The number of alkyl halides is 3. The van der Waals surface area contributed by atoms with E-state index in [0.29, 0.717) is 5.16 Å². The van der Waals surface area contributed by atoms with Gasteiger partial charge in [0.05, 0.1) is 0 Å². The number of anilines is 1. The van der Waals surface area contributed by atoms with E-state index >= 15 is 0 Å². The standard InChI is InChI=1S/C11H11F3N4OS/c1-6(20-10-16-9(15)17-18-10)7-2-4-8(5-3-7)19-11(12,13)14/h2-6H,1H3,(H3,15,16,17,18)/t6-/m1/s1. The van der Waals surface area contributed by atoms with Crippen LogP contribution < -0.4 is 10.5 Å². The molecular weight excluding hydrogens is 293 g/mol. The molecule has 0 aliphatic carbocycles. The van der Waals surface area contributed by atoms with Crippen molar-refractivity contribution in [3.63, 3.8) is 0 Å². The van der Waals surface area contributed by atoms with Crippen LogP contribution in [0, 0.1) is 0 Å². The highest BCUT2D eigenvalue weighted by Gasteiger charge is 2.31. The number of rotatable bonds is 4. The van der Waals surface area contributed by atoms with Gasteiger partial charge in [-0.05, 0) is 24.6 Å². The summed E-state index contributed by atoms with van der Waals surface area (Å²) in [5.74, 6) is -0.0331. The Morgan fingerprint density at radius 3 is 2.45 bits per heavy atom. The highest BCUT2D eigenvalue weighted by molar-refractivity contribution is 7.99. The number of hydrogen-bond acceptors (Lipinski definition) is 5. The van der Waals surface area contributed by atoms with Crippen molar-refractivity contribution in [1.82, 2.24) is 15.2 Å². The molecule has 0 spiro atoms. The minimum absolute atomic E-state index is 0.0369. The summed E-state index contributed by atoms with van der Waals surface area (Å²) in [4.78, 5) is 3.94. The Labute approximate surface area is 116 Å². The second-order valence-electron chi connectivity index (χ2n) is 3.88. The van der Waals surface area contributed by atoms with E-state index in [1.165, 1.54) is 23.9 Å². The van der Waals surface area contributed by atoms with Gasteiger partial charge in [-0.25, -0.2) is 5.10 Å². The predicted molar refractivity (Wildman–Crippen MR) is 68.2 cm³/mol. The van der Waals surface area contributed by atoms with Crippen molar-refractivity contribution in [1.29, 1.82) is 0 Å². The van der Waals surface area contributed by atoms with Crippen LogP contribution in [0.2, 0.25) is 0 Å². The molecule has 0 radical (unpaired) electrons. The Balaban J connectivity index is 2.02. The number of nitrogens with two attached hydrogens (primary N) is 1. The lowest BCUT2D eigenvalue weighted by Gasteiger charge is -2.12. The number of halogens is 3. The maximum atomic E-state index is 12.0. The Bertz CT molecular complexity index is 570. The molecule has 0 aliphatic heterocycles. The minimum atomic E-state index is -4.68. The molecule has 108 valence electrons. The molecule has 9 heteroatoms. The van der Waals surface area contributed by atoms with E-state index in [9.17, 15) is 13.2 Å². The van der Waals surface area contributed by atoms with Gasteiger partial charge in [0, 0.05) is 5.25 Å². The third-order valence-electron chi connectivity index (χ3n) is 2.35. The van der Waals surface area contributed by atoms with Crippen molar-refractivity contribution in [2.24, 2.45) is 0 Å². The van der Waals surface area contributed by atoms with E-state index in [4.69, 9.17) is 5.73 Å². The average Bonchev–Trinajstić information content (AvgIpc) is 2.73. The van der Waals surface area contributed by atoms with Crippen molar-refractivity contribution in [3.05, 3.63) is 29.8 Å². The first-order valence-electron chi connectivity index (χ1n) is 5.54. The van der Waals surface area contributed by atoms with Crippen LogP contribution in [0.4, 0.5) is 19.1 Å². The van der Waals surface area contributed by atoms with E-state index in [0.717, 1.165) is 5.56 Å². The molecule has 0 amide bonds. The summed E-state index contributed by atoms with van der Waals surface area (Å²) >= 11 is 1.34. The predicted octanol–water partition coefficient (Wildman–Crippen LogP) is 3.14. The molecule has 1 aromatic carbocycles. The molecule has 1 heterocycles. The number of ether oxygens (including phenoxy) is 1. The maximum absolute atomic E-state index is 12.0. The zero-order chi connectivity index (χ0) is 14.8. The van der Waals surface area contributed by atoms with Crippen LogP contribution >= 0.6 is 11.8 Å². The van der Waals surface area contributed by atoms with Gasteiger partial charge in [0.1, 0.15) is 5.75 Å². The summed E-state index contributed by atoms with van der Waals surface area (Å²) in [5.41, 5.74) is 6.23. The first-order valence-corrected chi connectivity index (χ1v) is 6.42. The second kappa shape index (κ2) is 5.61. The molecule has 2 aromatic rings. The molecule has 5 nitrogen and oxygen atoms in total. The van der Waals surface area contributed by atoms with Gasteiger partial charge >= 0.3 is 6.36 Å². The van der Waals surface area contributed by atoms with Gasteiger partial charge in [-0.2, -0.15) is 4.98 Å². The van der Waals surface area contributed by atoms with Crippen LogP contribution in [0.3, 0.4) is 0 Å². The largest absolute Gasteiger partial charge is 0.573 e. The summed E-state index contributed by atoms with van der Waals surface area (Å²) in [7, 11) is 0. The van der Waals surface area contributed by atoms with E-state index in [2.05, 4.69) is 19.9 Å². The first kappa shape index (κ1) is 14.5. The smallest absolute Gasteiger partial charge is 0.406 e. The maximum Gasteiger partial charge on any atom is 0.573 e. The number of nitrogen functional groups attached to an aromatic ring is 1. The second-order valence-corrected chi connectivity index (χ2v) is 5.19. The van der Waals surface area contributed by atoms with Gasteiger partial charge in [-0.1, -0.05) is 23.9 Å². The van der Waals surface area contributed by atoms with Gasteiger partial charge in [-0.3, -0.25) is 0 Å². The van der Waals surface area contributed by atoms with Gasteiger partial charge in [0.2, 0.25) is 11.1 Å². The van der Waals surface area contributed by atoms with Gasteiger partial charge in [-0.15, -0.1) is 18.3 Å². The van der Waals surface area contributed by atoms with Gasteiger partial charge in [0.25, 0.3) is 0 Å². The number of benzene rings is 1. The minimum Gasteiger partial charge on any atom is -0.406 e. The fraction of sp³-hybridized carbons (Fsp3) is 0.273. The lowest BCUT2D eigenvalue weighted by Crippen LogP contribution is -2.17. The first-order chi connectivity index (χ1) is 9.33. The Hall–Kier alpha value is -1.90. The molecular formula is C11H11F3N4OS. The van der Waals surface area contributed by atoms with Crippen LogP contribution in [0.1, 0.15) is 17.7 Å². The van der Waals surface area contributed by atoms with E-state index in [-0.39, 0.29) is 16.9 Å². The molecule has 1 aromatic heterocycles. The van der Waals surface area contributed by atoms with E-state index in [1.54, 1.807) is 12.1 Å². The Morgan fingerprint density at radius 1 is 1.30 bits per heavy atom. The molecule has 3 N–H and O–H groups in total. The third-order valence-corrected chi connectivity index (χ3v) is 3.37. The molecule has 0 unspecified atom stereocenters. The molecule has 1 atom stereocenters. The van der Waals surface area contributed by atoms with Crippen LogP contribution in [0.25, 0.3) is 0 Å². The van der Waals surface area contributed by atoms with Crippen molar-refractivity contribution in [2.45, 2.75) is 23.7 Å². The quantitative estimate of drug-likeness (QED) is 0.849. The van der Waals surface area contributed by atoms with Crippen molar-refractivity contribution in [2.75, 3.05) is 5.73 Å². The molecule has 0 fully saturated rings. The molecule has 20 heavy (non-hydrogen) atoms. The number of nitrogens with one attached hydrogen (secondary N) is 1. The SMILES string of the molecule is C[C@@H](Sc1n[nH]c(N)n1)c1ccc(OC(F)(F)F)cc1. The molecule has 2 rings (SSSR count). The van der Waals surface area contributed by atoms with Crippen LogP contribution in [-0.2, 0) is 0 Å². The Morgan fingerprint density at radius 2 is 1.95 bits per heavy atom. The zero-order valence-electron chi connectivity index (χ0n) is 10.3. The average molecular weight is 304 g/mol. The summed E-state index contributed by atoms with van der Waals surface area (Å²) < 4.78 is 39.9. The zero-order valence-corrected chi connectivity index (χ0v) is 11.1. The molecule has 0 saturated heterocycles. The monoisotopic (exact) mass is 304 g/mol. The molecule has 0 saturated carbocycles. The fourth-order valence-electron chi connectivity index (χ4n) is 1.48. The highest BCUT2D eigenvalue weighted by Crippen LogP contribution is 2.34. The number of nitrogens with zero attached hydrogens (tertiary/aromatic N) is 2. The van der Waals surface area contributed by atoms with E-state index < -0.39 is 6.36 Å². The third kappa shape index (κ3) is 4.05. The van der Waals surface area contributed by atoms with Gasteiger partial charge in [0.15, 0.2) is 0 Å². The van der Waals surface area contributed by atoms with Crippen LogP contribution in [0.5, 0.6) is 5.75 Å². The van der Waals surface area contributed by atoms with Crippen molar-refractivity contribution in [3.8, 4) is 5.75 Å². The topological polar surface area (TPSA) is 76.8 Å². The highest BCUT2D eigenvalue weighted by atomic mass is 32.2. The summed E-state index contributed by atoms with van der Waals surface area (Å²) in [5, 5.41) is 6.83. The van der Waals surface area contributed by atoms with Crippen LogP contribution in [0.15, 0.2) is 29.4 Å². The summed E-state index contributed by atoms with van der Waals surface area (Å²) in [6.07, 6.45) is -4.68. The van der Waals surface area contributed by atoms with E-state index in [1.807, 2.05) is 6.92 Å². The lowest BCUT2D eigenvalue weighted by molar-refractivity contribution is -0.274. The van der Waals surface area contributed by atoms with Crippen molar-refractivity contribution >= 4 is 17.7 Å². The van der Waals surface area contributed by atoms with Gasteiger partial charge < -0.3 is 10.5 Å². The lowest BCUT2D eigenvalue weighted by atomic mass is 10.2. The fourth-order valence-corrected chi connectivity index (χ4v) is 2.34.